The number of pyridine rings is 2. The maximum atomic E-state index is 12.9. The molecule has 98 valence electrons. The molecule has 2 heterocycles. The minimum absolute atomic E-state index is 0.335. The first-order valence-electron chi connectivity index (χ1n) is 5.38. The molecule has 2 aromatic rings. The van der Waals surface area contributed by atoms with Crippen molar-refractivity contribution in [1.82, 2.24) is 15.4 Å². The molecule has 0 saturated carbocycles. The van der Waals surface area contributed by atoms with E-state index in [1.807, 2.05) is 0 Å². The van der Waals surface area contributed by atoms with E-state index in [9.17, 15) is 9.18 Å². The fraction of sp³-hybridized carbons (Fsp3) is 0.0833. The van der Waals surface area contributed by atoms with Crippen molar-refractivity contribution in [2.24, 2.45) is 0 Å². The fourth-order valence-corrected chi connectivity index (χ4v) is 1.36. The Kier molecular flexibility index (Phi) is 3.99. The van der Waals surface area contributed by atoms with Crippen molar-refractivity contribution in [3.63, 3.8) is 0 Å². The molecule has 0 unspecified atom stereocenters. The van der Waals surface area contributed by atoms with Gasteiger partial charge in [-0.3, -0.25) is 9.63 Å². The predicted octanol–water partition coefficient (Wildman–Crippen LogP) is 1.65. The average molecular weight is 262 g/mol. The van der Waals surface area contributed by atoms with Crippen molar-refractivity contribution in [3.05, 3.63) is 48.0 Å². The molecule has 0 spiro atoms. The smallest absolute Gasteiger partial charge is 0.276 e. The lowest BCUT2D eigenvalue weighted by molar-refractivity contribution is 0.0537. The molecule has 19 heavy (non-hydrogen) atoms. The van der Waals surface area contributed by atoms with E-state index in [1.54, 1.807) is 18.2 Å². The van der Waals surface area contributed by atoms with Gasteiger partial charge in [-0.15, -0.1) is 0 Å². The van der Waals surface area contributed by atoms with E-state index in [4.69, 9.17) is 0 Å². The van der Waals surface area contributed by atoms with Gasteiger partial charge in [0.2, 0.25) is 5.95 Å². The highest BCUT2D eigenvalue weighted by atomic mass is 19.1. The summed E-state index contributed by atoms with van der Waals surface area (Å²) in [6, 6.07) is 7.53. The SMILES string of the molecule is CONC(=O)c1ccc(Nc2cccc(F)n2)nc1. The molecule has 0 fully saturated rings. The number of aromatic nitrogens is 2. The first-order chi connectivity index (χ1) is 9.19. The van der Waals surface area contributed by atoms with E-state index >= 15 is 0 Å². The molecule has 7 heteroatoms. The van der Waals surface area contributed by atoms with Gasteiger partial charge >= 0.3 is 0 Å². The van der Waals surface area contributed by atoms with E-state index < -0.39 is 11.9 Å². The Morgan fingerprint density at radius 2 is 2.11 bits per heavy atom. The van der Waals surface area contributed by atoms with Crippen molar-refractivity contribution in [1.29, 1.82) is 0 Å². The number of rotatable bonds is 4. The Hall–Kier alpha value is -2.54. The van der Waals surface area contributed by atoms with Crippen LogP contribution in [0.2, 0.25) is 0 Å². The van der Waals surface area contributed by atoms with Crippen LogP contribution in [-0.2, 0) is 4.84 Å². The number of nitrogens with one attached hydrogen (secondary N) is 2. The normalized spacial score (nSPS) is 10.0. The van der Waals surface area contributed by atoms with E-state index in [-0.39, 0.29) is 0 Å². The summed E-state index contributed by atoms with van der Waals surface area (Å²) in [6.07, 6.45) is 1.37. The third-order valence-electron chi connectivity index (χ3n) is 2.19. The Labute approximate surface area is 108 Å². The van der Waals surface area contributed by atoms with Crippen molar-refractivity contribution in [3.8, 4) is 0 Å². The fourth-order valence-electron chi connectivity index (χ4n) is 1.36. The number of nitrogens with zero attached hydrogens (tertiary/aromatic N) is 2. The van der Waals surface area contributed by atoms with Crippen molar-refractivity contribution >= 4 is 17.5 Å². The van der Waals surface area contributed by atoms with Crippen LogP contribution in [0.25, 0.3) is 0 Å². The molecular weight excluding hydrogens is 251 g/mol. The van der Waals surface area contributed by atoms with Crippen LogP contribution in [0, 0.1) is 5.95 Å². The van der Waals surface area contributed by atoms with E-state index in [2.05, 4.69) is 25.6 Å². The highest BCUT2D eigenvalue weighted by Gasteiger charge is 2.05. The van der Waals surface area contributed by atoms with Gasteiger partial charge < -0.3 is 5.32 Å². The zero-order valence-electron chi connectivity index (χ0n) is 10.1. The molecule has 0 atom stereocenters. The average Bonchev–Trinajstić information content (AvgIpc) is 2.40. The summed E-state index contributed by atoms with van der Waals surface area (Å²) in [4.78, 5) is 23.6. The Balaban J connectivity index is 2.08. The summed E-state index contributed by atoms with van der Waals surface area (Å²) in [5.41, 5.74) is 2.52. The minimum Gasteiger partial charge on any atom is -0.325 e. The summed E-state index contributed by atoms with van der Waals surface area (Å²) in [5, 5.41) is 2.82. The van der Waals surface area contributed by atoms with E-state index in [1.165, 1.54) is 25.4 Å². The lowest BCUT2D eigenvalue weighted by Gasteiger charge is -2.05. The zero-order chi connectivity index (χ0) is 13.7. The highest BCUT2D eigenvalue weighted by molar-refractivity contribution is 5.93. The second-order valence-electron chi connectivity index (χ2n) is 3.54. The van der Waals surface area contributed by atoms with Gasteiger partial charge in [-0.05, 0) is 24.3 Å². The number of carbonyl (C=O) groups excluding carboxylic acids is 1. The van der Waals surface area contributed by atoms with Crippen LogP contribution < -0.4 is 10.8 Å². The number of hydrogen-bond acceptors (Lipinski definition) is 5. The number of anilines is 2. The third-order valence-corrected chi connectivity index (χ3v) is 2.19. The summed E-state index contributed by atoms with van der Waals surface area (Å²) >= 11 is 0. The summed E-state index contributed by atoms with van der Waals surface area (Å²) in [7, 11) is 1.34. The molecule has 0 aliphatic heterocycles. The molecule has 1 amide bonds. The largest absolute Gasteiger partial charge is 0.325 e. The van der Waals surface area contributed by atoms with E-state index in [0.29, 0.717) is 17.2 Å². The van der Waals surface area contributed by atoms with Gasteiger partial charge in [-0.1, -0.05) is 6.07 Å². The van der Waals surface area contributed by atoms with Crippen LogP contribution in [0.15, 0.2) is 36.5 Å². The van der Waals surface area contributed by atoms with Gasteiger partial charge in [-0.2, -0.15) is 4.39 Å². The predicted molar refractivity (Wildman–Crippen MR) is 66.2 cm³/mol. The van der Waals surface area contributed by atoms with Crippen molar-refractivity contribution in [2.45, 2.75) is 0 Å². The maximum Gasteiger partial charge on any atom is 0.276 e. The second kappa shape index (κ2) is 5.87. The molecule has 0 saturated heterocycles. The summed E-state index contributed by atoms with van der Waals surface area (Å²) in [6.45, 7) is 0. The number of halogens is 1. The third kappa shape index (κ3) is 3.46. The van der Waals surface area contributed by atoms with Gasteiger partial charge in [0.25, 0.3) is 5.91 Å². The summed E-state index contributed by atoms with van der Waals surface area (Å²) < 4.78 is 12.9. The van der Waals surface area contributed by atoms with E-state index in [0.717, 1.165) is 0 Å². The number of hydrogen-bond donors (Lipinski definition) is 2. The van der Waals surface area contributed by atoms with Crippen LogP contribution in [0.3, 0.4) is 0 Å². The molecule has 2 N–H and O–H groups in total. The summed E-state index contributed by atoms with van der Waals surface area (Å²) in [5.74, 6) is -0.194. The van der Waals surface area contributed by atoms with Crippen LogP contribution in [0.5, 0.6) is 0 Å². The Bertz CT molecular complexity index is 574. The standard InChI is InChI=1S/C12H11FN4O2/c1-19-17-12(18)8-5-6-10(14-7-8)16-11-4-2-3-9(13)15-11/h2-7H,1H3,(H,17,18)(H,14,15,16). The van der Waals surface area contributed by atoms with Crippen LogP contribution in [-0.4, -0.2) is 23.0 Å². The first-order valence-corrected chi connectivity index (χ1v) is 5.38. The first kappa shape index (κ1) is 12.9. The maximum absolute atomic E-state index is 12.9. The van der Waals surface area contributed by atoms with Crippen molar-refractivity contribution < 1.29 is 14.0 Å². The Morgan fingerprint density at radius 1 is 1.26 bits per heavy atom. The molecule has 0 aliphatic carbocycles. The van der Waals surface area contributed by atoms with Gasteiger partial charge in [-0.25, -0.2) is 15.4 Å². The van der Waals surface area contributed by atoms with Crippen molar-refractivity contribution in [2.75, 3.05) is 12.4 Å². The number of amides is 1. The zero-order valence-corrected chi connectivity index (χ0v) is 10.1. The minimum atomic E-state index is -0.582. The van der Waals surface area contributed by atoms with Gasteiger partial charge in [0.1, 0.15) is 11.6 Å². The van der Waals surface area contributed by atoms with Gasteiger partial charge in [0.15, 0.2) is 0 Å². The number of carbonyl (C=O) groups is 1. The second-order valence-corrected chi connectivity index (χ2v) is 3.54. The highest BCUT2D eigenvalue weighted by Crippen LogP contribution is 2.12. The van der Waals surface area contributed by atoms with Crippen LogP contribution in [0.1, 0.15) is 10.4 Å². The Morgan fingerprint density at radius 3 is 2.74 bits per heavy atom. The molecule has 0 radical (unpaired) electrons. The molecule has 0 aromatic carbocycles. The van der Waals surface area contributed by atoms with Crippen LogP contribution >= 0.6 is 0 Å². The molecular formula is C12H11FN4O2. The quantitative estimate of drug-likeness (QED) is 0.647. The molecule has 2 aromatic heterocycles. The lowest BCUT2D eigenvalue weighted by atomic mass is 10.3. The molecule has 6 nitrogen and oxygen atoms in total. The monoisotopic (exact) mass is 262 g/mol. The van der Waals surface area contributed by atoms with Gasteiger partial charge in [0.05, 0.1) is 12.7 Å². The number of hydroxylamine groups is 1. The van der Waals surface area contributed by atoms with Crippen LogP contribution in [0.4, 0.5) is 16.0 Å². The molecule has 0 bridgehead atoms. The topological polar surface area (TPSA) is 76.1 Å². The lowest BCUT2D eigenvalue weighted by Crippen LogP contribution is -2.21. The van der Waals surface area contributed by atoms with Gasteiger partial charge in [0, 0.05) is 6.20 Å². The molecule has 0 aliphatic rings. The molecule has 2 rings (SSSR count).